The van der Waals surface area contributed by atoms with E-state index in [9.17, 15) is 0 Å². The second-order valence-electron chi connectivity index (χ2n) is 5.44. The van der Waals surface area contributed by atoms with Crippen LogP contribution in [-0.2, 0) is 11.3 Å². The van der Waals surface area contributed by atoms with Gasteiger partial charge >= 0.3 is 0 Å². The largest absolute Gasteiger partial charge is 0.378 e. The highest BCUT2D eigenvalue weighted by molar-refractivity contribution is 14.0. The zero-order valence-electron chi connectivity index (χ0n) is 13.3. The van der Waals surface area contributed by atoms with Crippen LogP contribution in [0.4, 0.5) is 0 Å². The Kier molecular flexibility index (Phi) is 7.33. The third kappa shape index (κ3) is 4.84. The lowest BCUT2D eigenvalue weighted by Crippen LogP contribution is -2.44. The highest BCUT2D eigenvalue weighted by Gasteiger charge is 2.12. The van der Waals surface area contributed by atoms with Crippen LogP contribution in [0, 0.1) is 0 Å². The van der Waals surface area contributed by atoms with Gasteiger partial charge in [-0.25, -0.2) is 4.99 Å². The van der Waals surface area contributed by atoms with E-state index in [0.29, 0.717) is 25.7 Å². The van der Waals surface area contributed by atoms with Crippen molar-refractivity contribution in [3.63, 3.8) is 0 Å². The number of benzene rings is 2. The second-order valence-corrected chi connectivity index (χ2v) is 5.87. The predicted octanol–water partition coefficient (Wildman–Crippen LogP) is 3.77. The van der Waals surface area contributed by atoms with Crippen LogP contribution in [0.15, 0.2) is 53.5 Å². The van der Waals surface area contributed by atoms with Crippen LogP contribution >= 0.6 is 35.6 Å². The minimum Gasteiger partial charge on any atom is -0.378 e. The molecule has 1 heterocycles. The molecule has 0 saturated carbocycles. The molecule has 2 aromatic carbocycles. The van der Waals surface area contributed by atoms with Gasteiger partial charge in [0.15, 0.2) is 5.96 Å². The third-order valence-electron chi connectivity index (χ3n) is 3.92. The van der Waals surface area contributed by atoms with E-state index in [0.717, 1.165) is 34.8 Å². The second kappa shape index (κ2) is 9.25. The molecule has 24 heavy (non-hydrogen) atoms. The first-order chi connectivity index (χ1) is 11.2. The fourth-order valence-electron chi connectivity index (χ4n) is 2.63. The highest BCUT2D eigenvalue weighted by atomic mass is 127. The van der Waals surface area contributed by atoms with E-state index < -0.39 is 0 Å². The SMILES string of the molecule is I.NC(=NCc1ccccc1-c1ccc(Cl)cc1)N1CCOCC1. The van der Waals surface area contributed by atoms with E-state index in [4.69, 9.17) is 22.1 Å². The Balaban J connectivity index is 0.00000208. The number of morpholine rings is 1. The lowest BCUT2D eigenvalue weighted by Gasteiger charge is -2.27. The van der Waals surface area contributed by atoms with E-state index in [1.54, 1.807) is 0 Å². The third-order valence-corrected chi connectivity index (χ3v) is 4.17. The molecule has 0 unspecified atom stereocenters. The van der Waals surface area contributed by atoms with Crippen LogP contribution in [-0.4, -0.2) is 37.2 Å². The molecule has 0 amide bonds. The molecule has 2 N–H and O–H groups in total. The molecule has 1 saturated heterocycles. The molecule has 0 spiro atoms. The monoisotopic (exact) mass is 457 g/mol. The number of nitrogens with zero attached hydrogens (tertiary/aromatic N) is 2. The number of rotatable bonds is 3. The number of hydrogen-bond acceptors (Lipinski definition) is 2. The Bertz CT molecular complexity index is 685. The van der Waals surface area contributed by atoms with Crippen molar-refractivity contribution in [2.45, 2.75) is 6.54 Å². The number of nitrogens with two attached hydrogens (primary N) is 1. The van der Waals surface area contributed by atoms with Gasteiger partial charge in [0.25, 0.3) is 0 Å². The molecule has 2 aromatic rings. The standard InChI is InChI=1S/C18H20ClN3O.HI/c19-16-7-5-14(6-8-16)17-4-2-1-3-15(17)13-21-18(20)22-9-11-23-12-10-22;/h1-8H,9-13H2,(H2,20,21);1H. The molecule has 0 aliphatic carbocycles. The van der Waals surface area contributed by atoms with Gasteiger partial charge < -0.3 is 15.4 Å². The van der Waals surface area contributed by atoms with Crippen molar-refractivity contribution in [1.82, 2.24) is 4.90 Å². The number of aliphatic imine (C=N–C) groups is 1. The number of hydrogen-bond donors (Lipinski definition) is 1. The van der Waals surface area contributed by atoms with Gasteiger partial charge in [0, 0.05) is 18.1 Å². The summed E-state index contributed by atoms with van der Waals surface area (Å²) in [6, 6.07) is 16.1. The van der Waals surface area contributed by atoms with E-state index in [2.05, 4.69) is 22.0 Å². The van der Waals surface area contributed by atoms with E-state index in [1.807, 2.05) is 36.4 Å². The van der Waals surface area contributed by atoms with E-state index >= 15 is 0 Å². The average Bonchev–Trinajstić information content (AvgIpc) is 2.61. The van der Waals surface area contributed by atoms with Crippen LogP contribution in [0.1, 0.15) is 5.56 Å². The van der Waals surface area contributed by atoms with Crippen LogP contribution in [0.2, 0.25) is 5.02 Å². The van der Waals surface area contributed by atoms with Crippen LogP contribution in [0.25, 0.3) is 11.1 Å². The van der Waals surface area contributed by atoms with Crippen molar-refractivity contribution >= 4 is 41.5 Å². The quantitative estimate of drug-likeness (QED) is 0.434. The first kappa shape index (κ1) is 19.0. The zero-order chi connectivity index (χ0) is 16.1. The van der Waals surface area contributed by atoms with Gasteiger partial charge in [-0.2, -0.15) is 0 Å². The first-order valence-corrected chi connectivity index (χ1v) is 8.08. The summed E-state index contributed by atoms with van der Waals surface area (Å²) in [4.78, 5) is 6.62. The zero-order valence-corrected chi connectivity index (χ0v) is 16.4. The van der Waals surface area contributed by atoms with Crippen LogP contribution < -0.4 is 5.73 Å². The fourth-order valence-corrected chi connectivity index (χ4v) is 2.75. The van der Waals surface area contributed by atoms with Crippen molar-refractivity contribution in [2.75, 3.05) is 26.3 Å². The minimum atomic E-state index is 0. The molecular weight excluding hydrogens is 437 g/mol. The van der Waals surface area contributed by atoms with Crippen molar-refractivity contribution in [2.24, 2.45) is 10.7 Å². The Morgan fingerprint density at radius 1 is 1.08 bits per heavy atom. The summed E-state index contributed by atoms with van der Waals surface area (Å²) in [7, 11) is 0. The predicted molar refractivity (Wildman–Crippen MR) is 110 cm³/mol. The molecule has 4 nitrogen and oxygen atoms in total. The summed E-state index contributed by atoms with van der Waals surface area (Å²) in [5.74, 6) is 0.583. The van der Waals surface area contributed by atoms with Crippen LogP contribution in [0.5, 0.6) is 0 Å². The summed E-state index contributed by atoms with van der Waals surface area (Å²) in [5, 5.41) is 0.737. The highest BCUT2D eigenvalue weighted by Crippen LogP contribution is 2.25. The van der Waals surface area contributed by atoms with Gasteiger partial charge in [0.05, 0.1) is 19.8 Å². The van der Waals surface area contributed by atoms with E-state index in [-0.39, 0.29) is 24.0 Å². The van der Waals surface area contributed by atoms with Crippen LogP contribution in [0.3, 0.4) is 0 Å². The first-order valence-electron chi connectivity index (χ1n) is 7.70. The number of guanidine groups is 1. The molecular formula is C18H21ClIN3O. The molecule has 0 bridgehead atoms. The van der Waals surface area contributed by atoms with Gasteiger partial charge in [-0.05, 0) is 28.8 Å². The maximum absolute atomic E-state index is 6.11. The molecule has 128 valence electrons. The Morgan fingerprint density at radius 2 is 1.75 bits per heavy atom. The molecule has 3 rings (SSSR count). The number of halogens is 2. The Labute approximate surface area is 164 Å². The van der Waals surface area contributed by atoms with Gasteiger partial charge in [0.1, 0.15) is 0 Å². The topological polar surface area (TPSA) is 50.8 Å². The van der Waals surface area contributed by atoms with E-state index in [1.165, 1.54) is 0 Å². The summed E-state index contributed by atoms with van der Waals surface area (Å²) in [6.07, 6.45) is 0. The van der Waals surface area contributed by atoms with Gasteiger partial charge in [0.2, 0.25) is 0 Å². The molecule has 1 aliphatic rings. The molecule has 0 radical (unpaired) electrons. The summed E-state index contributed by atoms with van der Waals surface area (Å²) < 4.78 is 5.34. The fraction of sp³-hybridized carbons (Fsp3) is 0.278. The Morgan fingerprint density at radius 3 is 2.46 bits per heavy atom. The summed E-state index contributed by atoms with van der Waals surface area (Å²) in [5.41, 5.74) is 9.54. The van der Waals surface area contributed by atoms with Crippen molar-refractivity contribution in [3.8, 4) is 11.1 Å². The van der Waals surface area contributed by atoms with Gasteiger partial charge in [-0.1, -0.05) is 48.0 Å². The lowest BCUT2D eigenvalue weighted by molar-refractivity contribution is 0.0674. The summed E-state index contributed by atoms with van der Waals surface area (Å²) >= 11 is 5.97. The smallest absolute Gasteiger partial charge is 0.191 e. The van der Waals surface area contributed by atoms with Crippen molar-refractivity contribution < 1.29 is 4.74 Å². The minimum absolute atomic E-state index is 0. The molecule has 0 aromatic heterocycles. The molecule has 6 heteroatoms. The summed E-state index contributed by atoms with van der Waals surface area (Å²) in [6.45, 7) is 3.57. The maximum atomic E-state index is 6.11. The van der Waals surface area contributed by atoms with Crippen molar-refractivity contribution in [1.29, 1.82) is 0 Å². The Hall–Kier alpha value is -1.31. The van der Waals surface area contributed by atoms with Gasteiger partial charge in [-0.3, -0.25) is 0 Å². The maximum Gasteiger partial charge on any atom is 0.191 e. The molecule has 0 atom stereocenters. The van der Waals surface area contributed by atoms with Gasteiger partial charge in [-0.15, -0.1) is 24.0 Å². The average molecular weight is 458 g/mol. The van der Waals surface area contributed by atoms with Crippen molar-refractivity contribution in [3.05, 3.63) is 59.1 Å². The molecule has 1 aliphatic heterocycles. The lowest BCUT2D eigenvalue weighted by atomic mass is 10.00. The normalized spacial score (nSPS) is 15.0. The number of ether oxygens (including phenoxy) is 1. The molecule has 1 fully saturated rings.